The van der Waals surface area contributed by atoms with Gasteiger partial charge in [-0.05, 0) is 72.8 Å². The number of hydrogen-bond acceptors (Lipinski definition) is 8. The smallest absolute Gasteiger partial charge is 0.403 e. The molecular weight excluding hydrogens is 464 g/mol. The second kappa shape index (κ2) is 9.58. The number of carbonyl (C=O) groups is 1. The predicted molar refractivity (Wildman–Crippen MR) is 126 cm³/mol. The molecule has 0 saturated carbocycles. The van der Waals surface area contributed by atoms with E-state index in [-0.39, 0.29) is 10.8 Å². The summed E-state index contributed by atoms with van der Waals surface area (Å²) in [5.41, 5.74) is 6.25. The molecular formula is C23H24N2O6S2. The minimum atomic E-state index is -4.10. The second-order valence-corrected chi connectivity index (χ2v) is 9.70. The van der Waals surface area contributed by atoms with Crippen LogP contribution in [0, 0.1) is 0 Å². The molecule has 0 radical (unpaired) electrons. The Morgan fingerprint density at radius 3 is 2.52 bits per heavy atom. The maximum atomic E-state index is 12.2. The number of aryl methyl sites for hydroxylation is 2. The molecule has 1 aromatic heterocycles. The first kappa shape index (κ1) is 23.3. The fourth-order valence-electron chi connectivity index (χ4n) is 4.24. The van der Waals surface area contributed by atoms with E-state index < -0.39 is 16.5 Å². The number of amides is 1. The summed E-state index contributed by atoms with van der Waals surface area (Å²) in [5.74, 6) is 0.201. The third kappa shape index (κ3) is 5.23. The van der Waals surface area contributed by atoms with E-state index >= 15 is 0 Å². The highest BCUT2D eigenvalue weighted by atomic mass is 32.3. The van der Waals surface area contributed by atoms with Crippen molar-refractivity contribution in [3.05, 3.63) is 64.5 Å². The number of ether oxygens (including phenoxy) is 1. The summed E-state index contributed by atoms with van der Waals surface area (Å²) in [6, 6.07) is 9.23. The molecule has 0 bridgehead atoms. The van der Waals surface area contributed by atoms with Crippen molar-refractivity contribution >= 4 is 39.3 Å². The van der Waals surface area contributed by atoms with Gasteiger partial charge in [0.1, 0.15) is 5.75 Å². The van der Waals surface area contributed by atoms with Gasteiger partial charge in [0.2, 0.25) is 0 Å². The summed E-state index contributed by atoms with van der Waals surface area (Å²) in [6.07, 6.45) is 4.18. The Kier molecular flexibility index (Phi) is 6.78. The topological polar surface area (TPSA) is 95.0 Å². The molecule has 4 rings (SSSR count). The molecule has 2 heterocycles. The molecule has 1 aliphatic heterocycles. The normalized spacial score (nSPS) is 15.9. The summed E-state index contributed by atoms with van der Waals surface area (Å²) in [5, 5.41) is 0.202. The van der Waals surface area contributed by atoms with Crippen LogP contribution in [0.2, 0.25) is 0 Å². The number of hydrogen-bond donors (Lipinski definition) is 0. The Hall–Kier alpha value is -2.82. The molecule has 1 aromatic carbocycles. The quantitative estimate of drug-likeness (QED) is 0.602. The molecule has 1 aliphatic carbocycles. The summed E-state index contributed by atoms with van der Waals surface area (Å²) in [7, 11) is -3.05. The van der Waals surface area contributed by atoms with Gasteiger partial charge in [-0.3, -0.25) is 4.98 Å². The van der Waals surface area contributed by atoms with Gasteiger partial charge >= 0.3 is 16.5 Å². The van der Waals surface area contributed by atoms with E-state index in [4.69, 9.17) is 26.1 Å². The Morgan fingerprint density at radius 2 is 1.82 bits per heavy atom. The number of nitrogens with zero attached hydrogens (tertiary/aromatic N) is 2. The molecule has 0 atom stereocenters. The van der Waals surface area contributed by atoms with Crippen molar-refractivity contribution in [2.24, 2.45) is 0 Å². The number of piperidine rings is 1. The largest absolute Gasteiger partial charge is 0.448 e. The summed E-state index contributed by atoms with van der Waals surface area (Å²) < 4.78 is 38.0. The number of rotatable bonds is 3. The first-order valence-electron chi connectivity index (χ1n) is 10.5. The van der Waals surface area contributed by atoms with Crippen LogP contribution in [-0.2, 0) is 32.2 Å². The highest BCUT2D eigenvalue weighted by molar-refractivity contribution is 7.82. The molecule has 1 fully saturated rings. The summed E-state index contributed by atoms with van der Waals surface area (Å²) in [6.45, 7) is 2.61. The van der Waals surface area contributed by atoms with Crippen molar-refractivity contribution in [2.75, 3.05) is 20.2 Å². The molecule has 1 saturated heterocycles. The van der Waals surface area contributed by atoms with Gasteiger partial charge in [-0.15, -0.1) is 0 Å². The van der Waals surface area contributed by atoms with Crippen molar-refractivity contribution < 1.29 is 26.3 Å². The molecule has 8 nitrogen and oxygen atoms in total. The van der Waals surface area contributed by atoms with Crippen LogP contribution in [0.4, 0.5) is 4.79 Å². The van der Waals surface area contributed by atoms with E-state index in [1.165, 1.54) is 5.57 Å². The molecule has 1 amide bonds. The fourth-order valence-corrected chi connectivity index (χ4v) is 4.72. The van der Waals surface area contributed by atoms with Crippen LogP contribution in [0.15, 0.2) is 42.1 Å². The number of carbonyl (C=O) groups excluding carboxylic acids is 1. The fraction of sp³-hybridized carbons (Fsp3) is 0.348. The van der Waals surface area contributed by atoms with Gasteiger partial charge in [-0.1, -0.05) is 17.7 Å². The lowest BCUT2D eigenvalue weighted by Crippen LogP contribution is -2.37. The zero-order valence-electron chi connectivity index (χ0n) is 18.4. The number of aromatic nitrogens is 1. The van der Waals surface area contributed by atoms with Gasteiger partial charge in [0.05, 0.1) is 12.8 Å². The lowest BCUT2D eigenvalue weighted by molar-refractivity contribution is 0.146. The van der Waals surface area contributed by atoms with E-state index in [1.54, 1.807) is 30.2 Å². The first-order chi connectivity index (χ1) is 15.8. The van der Waals surface area contributed by atoms with Gasteiger partial charge in [-0.25, -0.2) is 8.98 Å². The van der Waals surface area contributed by atoms with E-state index in [0.717, 1.165) is 41.5 Å². The van der Waals surface area contributed by atoms with Crippen molar-refractivity contribution in [2.45, 2.75) is 32.6 Å². The van der Waals surface area contributed by atoms with Crippen LogP contribution in [0.1, 0.15) is 42.1 Å². The maximum Gasteiger partial charge on any atom is 0.448 e. The third-order valence-electron chi connectivity index (χ3n) is 5.75. The maximum absolute atomic E-state index is 12.2. The SMILES string of the molecule is COS(=O)(=O)Oc1ccc2c(c1)CCc1cccnc1C2=C1CCN(C(=O)OC(C)=S)CC1. The van der Waals surface area contributed by atoms with E-state index in [1.807, 2.05) is 12.1 Å². The Morgan fingerprint density at radius 1 is 1.09 bits per heavy atom. The molecule has 33 heavy (non-hydrogen) atoms. The van der Waals surface area contributed by atoms with Crippen LogP contribution < -0.4 is 4.18 Å². The Bertz CT molecular complexity index is 1230. The van der Waals surface area contributed by atoms with Crippen molar-refractivity contribution in [3.8, 4) is 5.75 Å². The van der Waals surface area contributed by atoms with Crippen LogP contribution in [0.5, 0.6) is 5.75 Å². The molecule has 0 N–H and O–H groups in total. The van der Waals surface area contributed by atoms with Crippen LogP contribution in [-0.4, -0.2) is 49.6 Å². The lowest BCUT2D eigenvalue weighted by atomic mass is 9.88. The van der Waals surface area contributed by atoms with Gasteiger partial charge < -0.3 is 13.8 Å². The number of pyridine rings is 1. The zero-order chi connectivity index (χ0) is 23.6. The Balaban J connectivity index is 1.72. The van der Waals surface area contributed by atoms with Crippen molar-refractivity contribution in [1.82, 2.24) is 9.88 Å². The molecule has 2 aliphatic rings. The summed E-state index contributed by atoms with van der Waals surface area (Å²) >= 11 is 4.88. The molecule has 0 spiro atoms. The summed E-state index contributed by atoms with van der Waals surface area (Å²) in [4.78, 5) is 18.6. The van der Waals surface area contributed by atoms with E-state index in [0.29, 0.717) is 32.4 Å². The average Bonchev–Trinajstić information content (AvgIpc) is 2.95. The molecule has 2 aromatic rings. The van der Waals surface area contributed by atoms with Crippen LogP contribution in [0.25, 0.3) is 5.57 Å². The molecule has 0 unspecified atom stereocenters. The lowest BCUT2D eigenvalue weighted by Gasteiger charge is -2.29. The number of fused-ring (bicyclic) bond motifs is 2. The van der Waals surface area contributed by atoms with Crippen LogP contribution in [0.3, 0.4) is 0 Å². The van der Waals surface area contributed by atoms with Gasteiger partial charge in [0.25, 0.3) is 0 Å². The third-order valence-corrected chi connectivity index (χ3v) is 6.64. The average molecular weight is 489 g/mol. The van der Waals surface area contributed by atoms with Gasteiger partial charge in [0, 0.05) is 31.8 Å². The monoisotopic (exact) mass is 488 g/mol. The zero-order valence-corrected chi connectivity index (χ0v) is 20.0. The van der Waals surface area contributed by atoms with Gasteiger partial charge in [-0.2, -0.15) is 8.42 Å². The van der Waals surface area contributed by atoms with Gasteiger partial charge in [0.15, 0.2) is 5.05 Å². The number of likely N-dealkylation sites (tertiary alicyclic amines) is 1. The standard InChI is InChI=1S/C23H24N2O6S2/c1-15(32)30-23(26)25-12-9-16(10-13-25)21-20-8-7-19(31-33(27,28)29-2)14-18(20)6-5-17-4-3-11-24-22(17)21/h3-4,7-8,11,14H,5-6,9-10,12-13H2,1-2H3. The minimum Gasteiger partial charge on any atom is -0.403 e. The second-order valence-electron chi connectivity index (χ2n) is 7.81. The van der Waals surface area contributed by atoms with E-state index in [2.05, 4.69) is 10.2 Å². The minimum absolute atomic E-state index is 0.201. The van der Waals surface area contributed by atoms with Crippen molar-refractivity contribution in [1.29, 1.82) is 0 Å². The van der Waals surface area contributed by atoms with Crippen LogP contribution >= 0.6 is 12.2 Å². The number of thiocarbonyl (C=S) groups is 1. The van der Waals surface area contributed by atoms with E-state index in [9.17, 15) is 13.2 Å². The molecule has 174 valence electrons. The Labute approximate surface area is 198 Å². The predicted octanol–water partition coefficient (Wildman–Crippen LogP) is 3.83. The highest BCUT2D eigenvalue weighted by Gasteiger charge is 2.27. The molecule has 10 heteroatoms. The number of benzene rings is 1. The highest BCUT2D eigenvalue weighted by Crippen LogP contribution is 2.39. The first-order valence-corrected chi connectivity index (χ1v) is 12.3. The van der Waals surface area contributed by atoms with Crippen molar-refractivity contribution in [3.63, 3.8) is 0 Å².